The number of rotatable bonds is 2. The van der Waals surface area contributed by atoms with Crippen molar-refractivity contribution in [2.75, 3.05) is 13.1 Å². The molecule has 1 amide bonds. The highest BCUT2D eigenvalue weighted by Crippen LogP contribution is 2.29. The Balaban J connectivity index is 1.52. The smallest absolute Gasteiger partial charge is 0.407 e. The van der Waals surface area contributed by atoms with Gasteiger partial charge in [0.05, 0.1) is 16.1 Å². The van der Waals surface area contributed by atoms with E-state index < -0.39 is 0 Å². The molecule has 1 aromatic heterocycles. The molecule has 0 saturated carbocycles. The highest BCUT2D eigenvalue weighted by molar-refractivity contribution is 6.42. The first-order valence-electron chi connectivity index (χ1n) is 6.74. The number of ether oxygens (including phenoxy) is 1. The van der Waals surface area contributed by atoms with E-state index in [2.05, 4.69) is 21.3 Å². The maximum absolute atomic E-state index is 11.1. The maximum Gasteiger partial charge on any atom is 0.407 e. The van der Waals surface area contributed by atoms with Crippen LogP contribution in [0.5, 0.6) is 0 Å². The first kappa shape index (κ1) is 13.2. The van der Waals surface area contributed by atoms with Gasteiger partial charge in [0.1, 0.15) is 6.10 Å². The standard InChI is InChI=1S/C14H13Cl2N3O2/c15-9-2-7-1-8(17-11(7)3-10(9)16)4-19-5-12-13(6-19)21-14(20)18-12/h1-3,12-13,17H,4-6H2,(H,18,20)/t12-,13+/m0/s1. The molecule has 2 N–H and O–H groups in total. The summed E-state index contributed by atoms with van der Waals surface area (Å²) < 4.78 is 5.21. The fourth-order valence-electron chi connectivity index (χ4n) is 3.07. The van der Waals surface area contributed by atoms with Gasteiger partial charge in [-0.1, -0.05) is 23.2 Å². The minimum absolute atomic E-state index is 0.0363. The van der Waals surface area contributed by atoms with Crippen molar-refractivity contribution >= 4 is 40.2 Å². The zero-order chi connectivity index (χ0) is 14.6. The summed E-state index contributed by atoms with van der Waals surface area (Å²) in [6.45, 7) is 2.32. The molecule has 2 saturated heterocycles. The minimum atomic E-state index is -0.306. The zero-order valence-corrected chi connectivity index (χ0v) is 12.5. The summed E-state index contributed by atoms with van der Waals surface area (Å²) in [5, 5.41) is 4.97. The van der Waals surface area contributed by atoms with Gasteiger partial charge in [-0.05, 0) is 18.2 Å². The topological polar surface area (TPSA) is 57.4 Å². The second-order valence-electron chi connectivity index (χ2n) is 5.54. The number of carbonyl (C=O) groups is 1. The average Bonchev–Trinajstić information content (AvgIpc) is 3.03. The number of carbonyl (C=O) groups excluding carboxylic acids is 1. The number of H-pyrrole nitrogens is 1. The molecule has 1 aromatic carbocycles. The van der Waals surface area contributed by atoms with Crippen LogP contribution in [-0.4, -0.2) is 41.2 Å². The summed E-state index contributed by atoms with van der Waals surface area (Å²) in [6.07, 6.45) is -0.342. The molecule has 0 spiro atoms. The van der Waals surface area contributed by atoms with Crippen molar-refractivity contribution in [1.29, 1.82) is 0 Å². The number of fused-ring (bicyclic) bond motifs is 2. The lowest BCUT2D eigenvalue weighted by Gasteiger charge is -2.15. The molecule has 2 atom stereocenters. The van der Waals surface area contributed by atoms with E-state index in [1.807, 2.05) is 12.1 Å². The summed E-state index contributed by atoms with van der Waals surface area (Å²) in [4.78, 5) is 16.7. The number of hydrogen-bond donors (Lipinski definition) is 2. The number of hydrogen-bond acceptors (Lipinski definition) is 3. The molecule has 2 fully saturated rings. The van der Waals surface area contributed by atoms with Crippen LogP contribution in [-0.2, 0) is 11.3 Å². The van der Waals surface area contributed by atoms with Crippen molar-refractivity contribution in [1.82, 2.24) is 15.2 Å². The van der Waals surface area contributed by atoms with E-state index in [1.54, 1.807) is 0 Å². The van der Waals surface area contributed by atoms with E-state index in [9.17, 15) is 4.79 Å². The number of nitrogens with zero attached hydrogens (tertiary/aromatic N) is 1. The molecule has 7 heteroatoms. The Morgan fingerprint density at radius 1 is 1.24 bits per heavy atom. The van der Waals surface area contributed by atoms with Gasteiger partial charge >= 0.3 is 6.09 Å². The predicted octanol–water partition coefficient (Wildman–Crippen LogP) is 2.77. The van der Waals surface area contributed by atoms with Crippen LogP contribution in [0.3, 0.4) is 0 Å². The number of alkyl carbamates (subject to hydrolysis) is 1. The number of aromatic nitrogens is 1. The minimum Gasteiger partial charge on any atom is -0.443 e. The first-order chi connectivity index (χ1) is 10.1. The zero-order valence-electron chi connectivity index (χ0n) is 11.0. The normalized spacial score (nSPS) is 25.1. The van der Waals surface area contributed by atoms with Gasteiger partial charge in [-0.2, -0.15) is 0 Å². The molecule has 5 nitrogen and oxygen atoms in total. The van der Waals surface area contributed by atoms with Crippen LogP contribution in [0, 0.1) is 0 Å². The van der Waals surface area contributed by atoms with Crippen molar-refractivity contribution in [2.24, 2.45) is 0 Å². The largest absolute Gasteiger partial charge is 0.443 e. The monoisotopic (exact) mass is 325 g/mol. The Bertz CT molecular complexity index is 675. The molecule has 2 aromatic rings. The van der Waals surface area contributed by atoms with Crippen LogP contribution < -0.4 is 5.32 Å². The highest BCUT2D eigenvalue weighted by Gasteiger charge is 2.41. The second-order valence-corrected chi connectivity index (χ2v) is 6.35. The summed E-state index contributed by atoms with van der Waals surface area (Å²) in [7, 11) is 0. The number of benzene rings is 1. The molecule has 0 radical (unpaired) electrons. The third kappa shape index (κ3) is 2.35. The second kappa shape index (κ2) is 4.80. The predicted molar refractivity (Wildman–Crippen MR) is 80.8 cm³/mol. The van der Waals surface area contributed by atoms with Crippen LogP contribution in [0.15, 0.2) is 18.2 Å². The fraction of sp³-hybridized carbons (Fsp3) is 0.357. The third-order valence-electron chi connectivity index (χ3n) is 4.01. The SMILES string of the molecule is O=C1N[C@H]2CN(Cc3cc4cc(Cl)c(Cl)cc4[nH]3)C[C@H]2O1. The van der Waals surface area contributed by atoms with E-state index in [0.29, 0.717) is 10.0 Å². The molecule has 3 heterocycles. The van der Waals surface area contributed by atoms with Gasteiger partial charge in [0, 0.05) is 36.2 Å². The first-order valence-corrected chi connectivity index (χ1v) is 7.50. The van der Waals surface area contributed by atoms with Crippen LogP contribution >= 0.6 is 23.2 Å². The van der Waals surface area contributed by atoms with Gasteiger partial charge in [0.25, 0.3) is 0 Å². The molecule has 0 aliphatic carbocycles. The van der Waals surface area contributed by atoms with E-state index in [-0.39, 0.29) is 18.2 Å². The number of halogens is 2. The summed E-state index contributed by atoms with van der Waals surface area (Å²) >= 11 is 12.1. The molecular weight excluding hydrogens is 313 g/mol. The Morgan fingerprint density at radius 3 is 2.86 bits per heavy atom. The Hall–Kier alpha value is -1.43. The van der Waals surface area contributed by atoms with Gasteiger partial charge in [-0.25, -0.2) is 4.79 Å². The Morgan fingerprint density at radius 2 is 2.05 bits per heavy atom. The van der Waals surface area contributed by atoms with E-state index >= 15 is 0 Å². The Kier molecular flexibility index (Phi) is 3.03. The van der Waals surface area contributed by atoms with Gasteiger partial charge < -0.3 is 15.0 Å². The van der Waals surface area contributed by atoms with Crippen LogP contribution in [0.2, 0.25) is 10.0 Å². The molecule has 0 unspecified atom stereocenters. The lowest BCUT2D eigenvalue weighted by atomic mass is 10.2. The van der Waals surface area contributed by atoms with Crippen molar-refractivity contribution in [3.63, 3.8) is 0 Å². The summed E-state index contributed by atoms with van der Waals surface area (Å²) in [5.41, 5.74) is 2.07. The van der Waals surface area contributed by atoms with Crippen LogP contribution in [0.1, 0.15) is 5.69 Å². The molecule has 21 heavy (non-hydrogen) atoms. The number of aromatic amines is 1. The lowest BCUT2D eigenvalue weighted by molar-refractivity contribution is 0.130. The molecule has 2 aliphatic rings. The van der Waals surface area contributed by atoms with E-state index in [4.69, 9.17) is 27.9 Å². The van der Waals surface area contributed by atoms with Gasteiger partial charge in [0.2, 0.25) is 0 Å². The number of likely N-dealkylation sites (tertiary alicyclic amines) is 1. The van der Waals surface area contributed by atoms with Crippen molar-refractivity contribution < 1.29 is 9.53 Å². The summed E-state index contributed by atoms with van der Waals surface area (Å²) in [5.74, 6) is 0. The van der Waals surface area contributed by atoms with E-state index in [0.717, 1.165) is 36.2 Å². The molecule has 110 valence electrons. The van der Waals surface area contributed by atoms with Crippen molar-refractivity contribution in [3.8, 4) is 0 Å². The molecule has 4 rings (SSSR count). The maximum atomic E-state index is 11.1. The Labute approximate surface area is 131 Å². The van der Waals surface area contributed by atoms with Crippen molar-refractivity contribution in [3.05, 3.63) is 33.9 Å². The number of amides is 1. The molecule has 2 aliphatic heterocycles. The van der Waals surface area contributed by atoms with Crippen LogP contribution in [0.4, 0.5) is 4.79 Å². The lowest BCUT2D eigenvalue weighted by Crippen LogP contribution is -2.32. The van der Waals surface area contributed by atoms with Crippen LogP contribution in [0.25, 0.3) is 10.9 Å². The highest BCUT2D eigenvalue weighted by atomic mass is 35.5. The van der Waals surface area contributed by atoms with Gasteiger partial charge in [0.15, 0.2) is 0 Å². The summed E-state index contributed by atoms with van der Waals surface area (Å²) in [6, 6.07) is 5.88. The average molecular weight is 326 g/mol. The van der Waals surface area contributed by atoms with Crippen molar-refractivity contribution in [2.45, 2.75) is 18.7 Å². The fourth-order valence-corrected chi connectivity index (χ4v) is 3.41. The number of nitrogens with one attached hydrogen (secondary N) is 2. The van der Waals surface area contributed by atoms with Gasteiger partial charge in [-0.3, -0.25) is 4.90 Å². The quantitative estimate of drug-likeness (QED) is 0.892. The molecular formula is C14H13Cl2N3O2. The third-order valence-corrected chi connectivity index (χ3v) is 4.74. The van der Waals surface area contributed by atoms with Gasteiger partial charge in [-0.15, -0.1) is 0 Å². The van der Waals surface area contributed by atoms with E-state index in [1.165, 1.54) is 0 Å². The molecule has 0 bridgehead atoms.